The molecule has 4 heteroatoms. The van der Waals surface area contributed by atoms with E-state index in [1.807, 2.05) is 0 Å². The van der Waals surface area contributed by atoms with Gasteiger partial charge < -0.3 is 15.1 Å². The Bertz CT molecular complexity index is 248. The molecule has 0 fully saturated rings. The van der Waals surface area contributed by atoms with E-state index in [-0.39, 0.29) is 5.75 Å². The summed E-state index contributed by atoms with van der Waals surface area (Å²) in [5.74, 6) is 0.248. The molecule has 0 aliphatic carbocycles. The van der Waals surface area contributed by atoms with Crippen LogP contribution in [0.5, 0.6) is 5.75 Å². The maximum atomic E-state index is 9.89. The fourth-order valence-electron chi connectivity index (χ4n) is 0.839. The zero-order valence-electron chi connectivity index (χ0n) is 6.53. The topological polar surface area (TPSA) is 49.3 Å². The van der Waals surface area contributed by atoms with E-state index in [4.69, 9.17) is 5.11 Å². The van der Waals surface area contributed by atoms with Gasteiger partial charge in [0.25, 0.3) is 7.41 Å². The second kappa shape index (κ2) is 4.56. The van der Waals surface area contributed by atoms with Crippen LogP contribution in [0.1, 0.15) is 5.56 Å². The van der Waals surface area contributed by atoms with Crippen LogP contribution >= 0.6 is 0 Å². The van der Waals surface area contributed by atoms with Gasteiger partial charge in [0.2, 0.25) is 0 Å². The molecule has 2 N–H and O–H groups in total. The highest BCUT2D eigenvalue weighted by Crippen LogP contribution is 2.08. The van der Waals surface area contributed by atoms with Gasteiger partial charge in [-0.3, -0.25) is 0 Å². The van der Waals surface area contributed by atoms with Crippen LogP contribution in [0.15, 0.2) is 24.3 Å². The van der Waals surface area contributed by atoms with Gasteiger partial charge in [-0.2, -0.15) is 0 Å². The predicted molar refractivity (Wildman–Crippen MR) is 47.5 cm³/mol. The fourth-order valence-corrected chi connectivity index (χ4v) is 0.839. The highest BCUT2D eigenvalue weighted by molar-refractivity contribution is 6.64. The van der Waals surface area contributed by atoms with Crippen LogP contribution in [-0.4, -0.2) is 18.7 Å². The Morgan fingerprint density at radius 1 is 1.42 bits per heavy atom. The van der Waals surface area contributed by atoms with E-state index in [9.17, 15) is 4.79 Å². The SMILES string of the molecule is O=C[B]NCc1ccc(O)cc1. The van der Waals surface area contributed by atoms with Crippen molar-refractivity contribution in [2.24, 2.45) is 0 Å². The number of phenolic OH excluding ortho intramolecular Hbond substituents is 1. The van der Waals surface area contributed by atoms with Crippen molar-refractivity contribution in [3.63, 3.8) is 0 Å². The largest absolute Gasteiger partial charge is 0.508 e. The van der Waals surface area contributed by atoms with E-state index < -0.39 is 0 Å². The normalized spacial score (nSPS) is 9.33. The first kappa shape index (κ1) is 8.81. The van der Waals surface area contributed by atoms with Crippen LogP contribution in [0.2, 0.25) is 0 Å². The van der Waals surface area contributed by atoms with E-state index in [0.717, 1.165) is 5.56 Å². The monoisotopic (exact) mass is 162 g/mol. The number of benzene rings is 1. The minimum atomic E-state index is 0.248. The molecule has 0 aliphatic heterocycles. The van der Waals surface area contributed by atoms with Crippen molar-refractivity contribution in [1.29, 1.82) is 0 Å². The molecule has 0 atom stereocenters. The molecule has 0 saturated heterocycles. The molecule has 0 aromatic heterocycles. The highest BCUT2D eigenvalue weighted by atomic mass is 16.3. The van der Waals surface area contributed by atoms with Gasteiger partial charge in [-0.05, 0) is 17.7 Å². The molecule has 0 spiro atoms. The smallest absolute Gasteiger partial charge is 0.290 e. The quantitative estimate of drug-likeness (QED) is 0.380. The third kappa shape index (κ3) is 2.76. The summed E-state index contributed by atoms with van der Waals surface area (Å²) < 4.78 is 0. The van der Waals surface area contributed by atoms with Crippen molar-refractivity contribution in [1.82, 2.24) is 5.23 Å². The molecular weight excluding hydrogens is 153 g/mol. The summed E-state index contributed by atoms with van der Waals surface area (Å²) in [5, 5.41) is 11.7. The Kier molecular flexibility index (Phi) is 3.35. The minimum absolute atomic E-state index is 0.248. The summed E-state index contributed by atoms with van der Waals surface area (Å²) >= 11 is 0. The van der Waals surface area contributed by atoms with Gasteiger partial charge in [0.15, 0.2) is 0 Å². The first-order valence-electron chi connectivity index (χ1n) is 3.61. The van der Waals surface area contributed by atoms with Crippen LogP contribution in [0.3, 0.4) is 0 Å². The molecule has 0 saturated carbocycles. The van der Waals surface area contributed by atoms with E-state index in [0.29, 0.717) is 12.7 Å². The first-order chi connectivity index (χ1) is 5.83. The fraction of sp³-hybridized carbons (Fsp3) is 0.125. The van der Waals surface area contributed by atoms with E-state index in [1.165, 1.54) is 7.41 Å². The average Bonchev–Trinajstić information content (AvgIpc) is 2.09. The molecule has 1 aromatic rings. The summed E-state index contributed by atoms with van der Waals surface area (Å²) in [7, 11) is 1.34. The van der Waals surface area contributed by atoms with Crippen LogP contribution in [-0.2, 0) is 11.3 Å². The number of carbonyl (C=O) groups is 1. The van der Waals surface area contributed by atoms with Crippen molar-refractivity contribution < 1.29 is 9.90 Å². The molecule has 0 amide bonds. The predicted octanol–water partition coefficient (Wildman–Crippen LogP) is 0.291. The van der Waals surface area contributed by atoms with E-state index >= 15 is 0 Å². The molecule has 61 valence electrons. The minimum Gasteiger partial charge on any atom is -0.508 e. The average molecular weight is 162 g/mol. The van der Waals surface area contributed by atoms with Crippen molar-refractivity contribution in [3.8, 4) is 5.75 Å². The van der Waals surface area contributed by atoms with Gasteiger partial charge >= 0.3 is 0 Å². The molecule has 0 unspecified atom stereocenters. The van der Waals surface area contributed by atoms with Crippen LogP contribution in [0, 0.1) is 0 Å². The van der Waals surface area contributed by atoms with Gasteiger partial charge in [0, 0.05) is 6.54 Å². The number of phenols is 1. The second-order valence-electron chi connectivity index (χ2n) is 2.35. The second-order valence-corrected chi connectivity index (χ2v) is 2.35. The Morgan fingerprint density at radius 2 is 2.08 bits per heavy atom. The lowest BCUT2D eigenvalue weighted by Crippen LogP contribution is -2.19. The van der Waals surface area contributed by atoms with Crippen LogP contribution in [0.25, 0.3) is 0 Å². The number of nitrogens with one attached hydrogen (secondary N) is 1. The summed E-state index contributed by atoms with van der Waals surface area (Å²) in [6, 6.07) is 6.80. The molecule has 12 heavy (non-hydrogen) atoms. The van der Waals surface area contributed by atoms with Crippen molar-refractivity contribution in [2.75, 3.05) is 0 Å². The molecule has 1 aromatic carbocycles. The van der Waals surface area contributed by atoms with Crippen LogP contribution in [0.4, 0.5) is 0 Å². The third-order valence-electron chi connectivity index (χ3n) is 1.43. The molecular formula is C8H9BNO2. The Labute approximate surface area is 71.7 Å². The number of carbonyl (C=O) groups excluding carboxylic acids is 1. The highest BCUT2D eigenvalue weighted by Gasteiger charge is 1.92. The number of rotatable bonds is 4. The van der Waals surface area contributed by atoms with Gasteiger partial charge in [-0.25, -0.2) is 0 Å². The standard InChI is InChI=1S/C8H9BNO2/c11-6-9-10-5-7-1-3-8(12)4-2-7/h1-4,6,10,12H,5H2. The maximum Gasteiger partial charge on any atom is 0.290 e. The van der Waals surface area contributed by atoms with E-state index in [2.05, 4.69) is 5.23 Å². The number of aromatic hydroxyl groups is 1. The summed E-state index contributed by atoms with van der Waals surface area (Å²) in [6.07, 6.45) is 0.695. The molecule has 1 rings (SSSR count). The lowest BCUT2D eigenvalue weighted by Gasteiger charge is -1.99. The maximum absolute atomic E-state index is 9.89. The first-order valence-corrected chi connectivity index (χ1v) is 3.61. The molecule has 0 heterocycles. The lowest BCUT2D eigenvalue weighted by molar-refractivity contribution is 0.475. The Balaban J connectivity index is 2.42. The Hall–Kier alpha value is -1.29. The molecule has 1 radical (unpaired) electrons. The van der Waals surface area contributed by atoms with Crippen molar-refractivity contribution in [2.45, 2.75) is 6.54 Å². The zero-order valence-corrected chi connectivity index (χ0v) is 6.53. The summed E-state index contributed by atoms with van der Waals surface area (Å²) in [6.45, 7) is 0.596. The lowest BCUT2D eigenvalue weighted by atomic mass is 9.98. The third-order valence-corrected chi connectivity index (χ3v) is 1.43. The molecule has 3 nitrogen and oxygen atoms in total. The Morgan fingerprint density at radius 3 is 2.67 bits per heavy atom. The van der Waals surface area contributed by atoms with Crippen molar-refractivity contribution >= 4 is 13.6 Å². The number of hydrogen-bond donors (Lipinski definition) is 2. The van der Waals surface area contributed by atoms with E-state index in [1.54, 1.807) is 24.3 Å². The van der Waals surface area contributed by atoms with Gasteiger partial charge in [-0.1, -0.05) is 12.1 Å². The summed E-state index contributed by atoms with van der Waals surface area (Å²) in [4.78, 5) is 9.89. The van der Waals surface area contributed by atoms with Gasteiger partial charge in [0.05, 0.1) is 6.19 Å². The summed E-state index contributed by atoms with van der Waals surface area (Å²) in [5.41, 5.74) is 1.02. The molecule has 0 aliphatic rings. The van der Waals surface area contributed by atoms with Crippen LogP contribution < -0.4 is 5.23 Å². The van der Waals surface area contributed by atoms with Crippen molar-refractivity contribution in [3.05, 3.63) is 29.8 Å². The zero-order chi connectivity index (χ0) is 8.81. The van der Waals surface area contributed by atoms with Gasteiger partial charge in [0.1, 0.15) is 5.75 Å². The molecule has 0 bridgehead atoms. The van der Waals surface area contributed by atoms with Gasteiger partial charge in [-0.15, -0.1) is 0 Å². The number of hydrogen-bond acceptors (Lipinski definition) is 3.